The van der Waals surface area contributed by atoms with Crippen LogP contribution in [0.4, 0.5) is 4.79 Å². The average molecular weight is 268 g/mol. The van der Waals surface area contributed by atoms with Crippen molar-refractivity contribution in [1.29, 1.82) is 0 Å². The fraction of sp³-hybridized carbons (Fsp3) is 0.417. The second kappa shape index (κ2) is 5.13. The molecule has 1 aliphatic heterocycles. The van der Waals surface area contributed by atoms with Gasteiger partial charge in [0.2, 0.25) is 11.8 Å². The smallest absolute Gasteiger partial charge is 0.420 e. The molecular formula is C12H16N2O5. The van der Waals surface area contributed by atoms with E-state index in [0.29, 0.717) is 12.0 Å². The lowest BCUT2D eigenvalue weighted by molar-refractivity contribution is -0.116. The van der Waals surface area contributed by atoms with Gasteiger partial charge in [-0.25, -0.2) is 4.79 Å². The van der Waals surface area contributed by atoms with Crippen molar-refractivity contribution < 1.29 is 23.9 Å². The Labute approximate surface area is 110 Å². The number of primary amides is 2. The zero-order valence-electron chi connectivity index (χ0n) is 11.0. The van der Waals surface area contributed by atoms with E-state index in [-0.39, 0.29) is 11.3 Å². The molecule has 0 aromatic rings. The van der Waals surface area contributed by atoms with Gasteiger partial charge in [0.25, 0.3) is 0 Å². The minimum Gasteiger partial charge on any atom is -0.420 e. The van der Waals surface area contributed by atoms with Gasteiger partial charge in [-0.05, 0) is 20.3 Å². The molecule has 104 valence electrons. The van der Waals surface area contributed by atoms with E-state index in [4.69, 9.17) is 20.9 Å². The Balaban J connectivity index is 3.44. The van der Waals surface area contributed by atoms with Gasteiger partial charge in [-0.1, -0.05) is 6.92 Å². The van der Waals surface area contributed by atoms with Crippen LogP contribution in [0, 0.1) is 0 Å². The molecule has 1 fully saturated rings. The second-order valence-electron chi connectivity index (χ2n) is 4.45. The van der Waals surface area contributed by atoms with Crippen molar-refractivity contribution in [3.8, 4) is 0 Å². The van der Waals surface area contributed by atoms with E-state index in [1.165, 1.54) is 0 Å². The molecule has 0 aromatic carbocycles. The quantitative estimate of drug-likeness (QED) is 0.567. The van der Waals surface area contributed by atoms with Crippen LogP contribution in [-0.4, -0.2) is 23.6 Å². The van der Waals surface area contributed by atoms with E-state index >= 15 is 0 Å². The summed E-state index contributed by atoms with van der Waals surface area (Å²) in [6, 6.07) is 0. The molecule has 7 nitrogen and oxygen atoms in total. The molecule has 0 spiro atoms. The van der Waals surface area contributed by atoms with Gasteiger partial charge in [0.1, 0.15) is 0 Å². The number of nitrogens with two attached hydrogens (primary N) is 2. The Morgan fingerprint density at radius 1 is 1.32 bits per heavy atom. The van der Waals surface area contributed by atoms with E-state index in [2.05, 4.69) is 0 Å². The van der Waals surface area contributed by atoms with E-state index in [1.54, 1.807) is 20.8 Å². The molecule has 4 N–H and O–H groups in total. The zero-order valence-corrected chi connectivity index (χ0v) is 11.0. The normalized spacial score (nSPS) is 20.6. The summed E-state index contributed by atoms with van der Waals surface area (Å²) >= 11 is 0. The average Bonchev–Trinajstić information content (AvgIpc) is 2.51. The Bertz CT molecular complexity index is 502. The highest BCUT2D eigenvalue weighted by Crippen LogP contribution is 2.35. The monoisotopic (exact) mass is 268 g/mol. The van der Waals surface area contributed by atoms with Gasteiger partial charge in [-0.15, -0.1) is 0 Å². The highest BCUT2D eigenvalue weighted by molar-refractivity contribution is 6.03. The number of hydrogen-bond donors (Lipinski definition) is 2. The maximum absolute atomic E-state index is 11.4. The molecule has 0 unspecified atom stereocenters. The van der Waals surface area contributed by atoms with Crippen molar-refractivity contribution in [3.05, 3.63) is 23.0 Å². The van der Waals surface area contributed by atoms with Gasteiger partial charge in [0.05, 0.1) is 5.57 Å². The van der Waals surface area contributed by atoms with Crippen LogP contribution in [0.1, 0.15) is 27.2 Å². The topological polar surface area (TPSA) is 122 Å². The molecule has 0 saturated carbocycles. The zero-order chi connectivity index (χ0) is 14.8. The van der Waals surface area contributed by atoms with Crippen molar-refractivity contribution in [1.82, 2.24) is 0 Å². The number of carbonyl (C=O) groups is 3. The summed E-state index contributed by atoms with van der Waals surface area (Å²) in [4.78, 5) is 33.6. The maximum atomic E-state index is 11.4. The number of amides is 2. The standard InChI is InChI=1S/C12H16N2O5/c1-4-6(7(10(14)16)5-8(13)15)9-12(2,3)19-11(17)18-9/h5H,4H2,1-3H3,(H2,13,15)(H2,14,16)/b7-5+,9-6?. The predicted octanol–water partition coefficient (Wildman–Crippen LogP) is 0.493. The van der Waals surface area contributed by atoms with Gasteiger partial charge in [0.15, 0.2) is 11.4 Å². The fourth-order valence-corrected chi connectivity index (χ4v) is 1.83. The molecule has 1 aliphatic rings. The number of cyclic esters (lactones) is 2. The first-order valence-electron chi connectivity index (χ1n) is 5.64. The molecule has 0 atom stereocenters. The first-order valence-corrected chi connectivity index (χ1v) is 5.64. The highest BCUT2D eigenvalue weighted by Gasteiger charge is 2.42. The molecule has 19 heavy (non-hydrogen) atoms. The summed E-state index contributed by atoms with van der Waals surface area (Å²) in [6.07, 6.45) is 0.363. The SMILES string of the molecule is CCC(=C1OC(=O)OC1(C)C)/C(=C\C(N)=O)C(N)=O. The van der Waals surface area contributed by atoms with Crippen LogP contribution in [0.25, 0.3) is 0 Å². The third kappa shape index (κ3) is 3.12. The van der Waals surface area contributed by atoms with Crippen LogP contribution in [0.15, 0.2) is 23.0 Å². The van der Waals surface area contributed by atoms with Crippen molar-refractivity contribution >= 4 is 18.0 Å². The Morgan fingerprint density at radius 2 is 1.89 bits per heavy atom. The van der Waals surface area contributed by atoms with Crippen LogP contribution >= 0.6 is 0 Å². The van der Waals surface area contributed by atoms with E-state index in [1.807, 2.05) is 0 Å². The number of ether oxygens (including phenoxy) is 2. The van der Waals surface area contributed by atoms with Gasteiger partial charge >= 0.3 is 6.16 Å². The summed E-state index contributed by atoms with van der Waals surface area (Å²) in [7, 11) is 0. The van der Waals surface area contributed by atoms with E-state index < -0.39 is 23.6 Å². The Morgan fingerprint density at radius 3 is 2.21 bits per heavy atom. The Kier molecular flexibility index (Phi) is 3.98. The lowest BCUT2D eigenvalue weighted by atomic mass is 9.94. The molecule has 1 rings (SSSR count). The van der Waals surface area contributed by atoms with Crippen LogP contribution in [-0.2, 0) is 19.1 Å². The molecule has 1 saturated heterocycles. The number of rotatable bonds is 4. The molecule has 0 aliphatic carbocycles. The van der Waals surface area contributed by atoms with Crippen LogP contribution in [0.3, 0.4) is 0 Å². The molecular weight excluding hydrogens is 252 g/mol. The largest absolute Gasteiger partial charge is 0.514 e. The van der Waals surface area contributed by atoms with Gasteiger partial charge < -0.3 is 20.9 Å². The maximum Gasteiger partial charge on any atom is 0.514 e. The van der Waals surface area contributed by atoms with Gasteiger partial charge in [0, 0.05) is 11.6 Å². The lowest BCUT2D eigenvalue weighted by Crippen LogP contribution is -2.25. The minimum atomic E-state index is -1.03. The third-order valence-electron chi connectivity index (χ3n) is 2.58. The van der Waals surface area contributed by atoms with Crippen molar-refractivity contribution in [2.24, 2.45) is 11.5 Å². The number of carbonyl (C=O) groups excluding carboxylic acids is 3. The van der Waals surface area contributed by atoms with Crippen LogP contribution in [0.5, 0.6) is 0 Å². The van der Waals surface area contributed by atoms with Crippen molar-refractivity contribution in [2.75, 3.05) is 0 Å². The molecule has 0 radical (unpaired) electrons. The summed E-state index contributed by atoms with van der Waals surface area (Å²) in [6.45, 7) is 4.93. The van der Waals surface area contributed by atoms with E-state index in [0.717, 1.165) is 6.08 Å². The molecule has 7 heteroatoms. The van der Waals surface area contributed by atoms with Gasteiger partial charge in [-0.3, -0.25) is 9.59 Å². The molecule has 1 heterocycles. The van der Waals surface area contributed by atoms with Crippen LogP contribution in [0.2, 0.25) is 0 Å². The fourth-order valence-electron chi connectivity index (χ4n) is 1.83. The van der Waals surface area contributed by atoms with Gasteiger partial charge in [-0.2, -0.15) is 0 Å². The van der Waals surface area contributed by atoms with Crippen molar-refractivity contribution in [3.63, 3.8) is 0 Å². The number of hydrogen-bond acceptors (Lipinski definition) is 5. The van der Waals surface area contributed by atoms with Crippen LogP contribution < -0.4 is 11.5 Å². The predicted molar refractivity (Wildman–Crippen MR) is 65.4 cm³/mol. The summed E-state index contributed by atoms with van der Waals surface area (Å²) in [5.41, 5.74) is 9.46. The molecule has 0 bridgehead atoms. The Hall–Kier alpha value is -2.31. The summed E-state index contributed by atoms with van der Waals surface area (Å²) in [5.74, 6) is -1.49. The highest BCUT2D eigenvalue weighted by atomic mass is 16.8. The second-order valence-corrected chi connectivity index (χ2v) is 4.45. The van der Waals surface area contributed by atoms with E-state index in [9.17, 15) is 14.4 Å². The minimum absolute atomic E-state index is 0.0867. The summed E-state index contributed by atoms with van der Waals surface area (Å²) in [5, 5.41) is 0. The molecule has 2 amide bonds. The first kappa shape index (κ1) is 14.7. The third-order valence-corrected chi connectivity index (χ3v) is 2.58. The summed E-state index contributed by atoms with van der Waals surface area (Å²) < 4.78 is 9.92. The first-order chi connectivity index (χ1) is 8.69. The lowest BCUT2D eigenvalue weighted by Gasteiger charge is -2.18. The molecule has 0 aromatic heterocycles. The van der Waals surface area contributed by atoms with Crippen molar-refractivity contribution in [2.45, 2.75) is 32.8 Å².